The highest BCUT2D eigenvalue weighted by atomic mass is 35.5. The van der Waals surface area contributed by atoms with Gasteiger partial charge >= 0.3 is 0 Å². The van der Waals surface area contributed by atoms with Gasteiger partial charge in [-0.05, 0) is 68.1 Å². The van der Waals surface area contributed by atoms with Crippen molar-refractivity contribution in [2.75, 3.05) is 30.3 Å². The lowest BCUT2D eigenvalue weighted by Gasteiger charge is -2.31. The van der Waals surface area contributed by atoms with Gasteiger partial charge in [-0.2, -0.15) is 0 Å². The molecule has 2 aromatic carbocycles. The van der Waals surface area contributed by atoms with E-state index in [9.17, 15) is 18.0 Å². The molecule has 0 bridgehead atoms. The predicted molar refractivity (Wildman–Crippen MR) is 158 cm³/mol. The van der Waals surface area contributed by atoms with Crippen molar-refractivity contribution in [2.45, 2.75) is 65.5 Å². The summed E-state index contributed by atoms with van der Waals surface area (Å²) in [6.07, 6.45) is 3.67. The SMILES string of the molecule is CCCCNC(=O)[C@@H](CC)N(Cc1ccc(Cl)c(Cl)c1)C(=O)CCCN(c1ccc(OCC)cc1)S(C)(=O)=O. The molecule has 0 fully saturated rings. The number of sulfonamides is 1. The molecule has 39 heavy (non-hydrogen) atoms. The van der Waals surface area contributed by atoms with Gasteiger partial charge in [-0.15, -0.1) is 0 Å². The second-order valence-corrected chi connectivity index (χ2v) is 11.9. The number of halogens is 2. The fourth-order valence-corrected chi connectivity index (χ4v) is 5.43. The molecule has 216 valence electrons. The molecule has 2 rings (SSSR count). The van der Waals surface area contributed by atoms with E-state index in [0.717, 1.165) is 24.7 Å². The van der Waals surface area contributed by atoms with Gasteiger partial charge in [0.1, 0.15) is 11.8 Å². The number of unbranched alkanes of at least 4 members (excludes halogenated alkanes) is 1. The first-order valence-electron chi connectivity index (χ1n) is 13.2. The van der Waals surface area contributed by atoms with Gasteiger partial charge in [0, 0.05) is 26.1 Å². The van der Waals surface area contributed by atoms with E-state index in [1.165, 1.54) is 4.31 Å². The zero-order valence-electron chi connectivity index (χ0n) is 23.1. The molecule has 0 saturated carbocycles. The highest BCUT2D eigenvalue weighted by Crippen LogP contribution is 2.25. The topological polar surface area (TPSA) is 96.0 Å². The quantitative estimate of drug-likeness (QED) is 0.251. The van der Waals surface area contributed by atoms with Crippen molar-refractivity contribution in [3.63, 3.8) is 0 Å². The van der Waals surface area contributed by atoms with Crippen LogP contribution in [-0.4, -0.2) is 57.1 Å². The Labute approximate surface area is 242 Å². The summed E-state index contributed by atoms with van der Waals surface area (Å²) in [5, 5.41) is 3.69. The Balaban J connectivity index is 2.21. The Hall–Kier alpha value is -2.49. The summed E-state index contributed by atoms with van der Waals surface area (Å²) in [6, 6.07) is 11.2. The maximum absolute atomic E-state index is 13.5. The third kappa shape index (κ3) is 10.2. The molecule has 0 aromatic heterocycles. The van der Waals surface area contributed by atoms with E-state index in [2.05, 4.69) is 5.32 Å². The molecule has 2 aromatic rings. The molecule has 0 unspecified atom stereocenters. The molecule has 0 saturated heterocycles. The van der Waals surface area contributed by atoms with Gasteiger partial charge in [-0.25, -0.2) is 8.42 Å². The molecule has 0 aliphatic rings. The third-order valence-corrected chi connectivity index (χ3v) is 8.07. The molecule has 11 heteroatoms. The zero-order valence-corrected chi connectivity index (χ0v) is 25.4. The lowest BCUT2D eigenvalue weighted by atomic mass is 10.1. The summed E-state index contributed by atoms with van der Waals surface area (Å²) in [5.74, 6) is 0.177. The van der Waals surface area contributed by atoms with E-state index in [-0.39, 0.29) is 37.7 Å². The van der Waals surface area contributed by atoms with Crippen LogP contribution in [0.5, 0.6) is 5.75 Å². The van der Waals surface area contributed by atoms with E-state index >= 15 is 0 Å². The number of hydrogen-bond acceptors (Lipinski definition) is 5. The van der Waals surface area contributed by atoms with E-state index in [0.29, 0.717) is 41.1 Å². The van der Waals surface area contributed by atoms with Gasteiger partial charge < -0.3 is 15.0 Å². The predicted octanol–water partition coefficient (Wildman–Crippen LogP) is 5.66. The Morgan fingerprint density at radius 3 is 2.26 bits per heavy atom. The first kappa shape index (κ1) is 32.7. The molecular weight excluding hydrogens is 561 g/mol. The second-order valence-electron chi connectivity index (χ2n) is 9.20. The third-order valence-electron chi connectivity index (χ3n) is 6.14. The van der Waals surface area contributed by atoms with E-state index < -0.39 is 16.1 Å². The van der Waals surface area contributed by atoms with Crippen LogP contribution in [-0.2, 0) is 26.2 Å². The van der Waals surface area contributed by atoms with E-state index in [4.69, 9.17) is 27.9 Å². The largest absolute Gasteiger partial charge is 0.494 e. The van der Waals surface area contributed by atoms with Gasteiger partial charge in [0.15, 0.2) is 0 Å². The lowest BCUT2D eigenvalue weighted by Crippen LogP contribution is -2.49. The summed E-state index contributed by atoms with van der Waals surface area (Å²) in [6.45, 7) is 7.09. The van der Waals surface area contributed by atoms with Crippen molar-refractivity contribution in [3.8, 4) is 5.75 Å². The normalized spacial score (nSPS) is 12.1. The number of rotatable bonds is 16. The Bertz CT molecular complexity index is 1190. The molecule has 2 amide bonds. The standard InChI is InChI=1S/C28H39Cl2N3O5S/c1-5-8-17-31-28(35)26(6-2)32(20-21-11-16-24(29)25(30)19-21)27(34)10-9-18-33(39(4,36)37)22-12-14-23(15-13-22)38-7-3/h11-16,19,26H,5-10,17-18,20H2,1-4H3,(H,31,35)/t26-/m1/s1. The maximum Gasteiger partial charge on any atom is 0.242 e. The van der Waals surface area contributed by atoms with Crippen LogP contribution in [0, 0.1) is 0 Å². The summed E-state index contributed by atoms with van der Waals surface area (Å²) in [7, 11) is -3.59. The minimum Gasteiger partial charge on any atom is -0.494 e. The summed E-state index contributed by atoms with van der Waals surface area (Å²) in [5.41, 5.74) is 1.23. The molecule has 0 spiro atoms. The highest BCUT2D eigenvalue weighted by Gasteiger charge is 2.29. The van der Waals surface area contributed by atoms with Gasteiger partial charge in [0.2, 0.25) is 21.8 Å². The van der Waals surface area contributed by atoms with E-state index in [1.807, 2.05) is 20.8 Å². The van der Waals surface area contributed by atoms with Crippen LogP contribution in [0.3, 0.4) is 0 Å². The number of amides is 2. The molecule has 0 heterocycles. The maximum atomic E-state index is 13.5. The fourth-order valence-electron chi connectivity index (χ4n) is 4.14. The van der Waals surface area contributed by atoms with Crippen LogP contribution in [0.2, 0.25) is 10.0 Å². The Morgan fingerprint density at radius 1 is 1.00 bits per heavy atom. The van der Waals surface area contributed by atoms with E-state index in [1.54, 1.807) is 47.4 Å². The van der Waals surface area contributed by atoms with Gasteiger partial charge in [-0.3, -0.25) is 13.9 Å². The number of carbonyl (C=O) groups excluding carboxylic acids is 2. The number of nitrogens with one attached hydrogen (secondary N) is 1. The number of benzene rings is 2. The van der Waals surface area contributed by atoms with Crippen LogP contribution in [0.4, 0.5) is 5.69 Å². The molecule has 8 nitrogen and oxygen atoms in total. The summed E-state index contributed by atoms with van der Waals surface area (Å²) >= 11 is 12.3. The van der Waals surface area contributed by atoms with Crippen LogP contribution >= 0.6 is 23.2 Å². The van der Waals surface area contributed by atoms with Crippen LogP contribution in [0.25, 0.3) is 0 Å². The van der Waals surface area contributed by atoms with Crippen molar-refractivity contribution in [3.05, 3.63) is 58.1 Å². The fraction of sp³-hybridized carbons (Fsp3) is 0.500. The van der Waals surface area contributed by atoms with Crippen LogP contribution < -0.4 is 14.4 Å². The average molecular weight is 601 g/mol. The van der Waals surface area contributed by atoms with Gasteiger partial charge in [-0.1, -0.05) is 49.5 Å². The minimum absolute atomic E-state index is 0.0586. The van der Waals surface area contributed by atoms with Crippen molar-refractivity contribution in [1.29, 1.82) is 0 Å². The van der Waals surface area contributed by atoms with Crippen molar-refractivity contribution >= 4 is 50.7 Å². The van der Waals surface area contributed by atoms with Crippen molar-refractivity contribution in [2.24, 2.45) is 0 Å². The summed E-state index contributed by atoms with van der Waals surface area (Å²) in [4.78, 5) is 28.1. The molecule has 0 aliphatic heterocycles. The molecule has 0 aliphatic carbocycles. The van der Waals surface area contributed by atoms with Gasteiger partial charge in [0.05, 0.1) is 28.6 Å². The second kappa shape index (κ2) is 15.9. The number of hydrogen-bond donors (Lipinski definition) is 1. The van der Waals surface area contributed by atoms with Crippen LogP contribution in [0.15, 0.2) is 42.5 Å². The van der Waals surface area contributed by atoms with Crippen molar-refractivity contribution < 1.29 is 22.7 Å². The first-order chi connectivity index (χ1) is 18.5. The molecule has 1 N–H and O–H groups in total. The van der Waals surface area contributed by atoms with Crippen LogP contribution in [0.1, 0.15) is 58.4 Å². The van der Waals surface area contributed by atoms with Gasteiger partial charge in [0.25, 0.3) is 0 Å². The molecular formula is C28H39Cl2N3O5S. The minimum atomic E-state index is -3.59. The molecule has 1 atom stereocenters. The first-order valence-corrected chi connectivity index (χ1v) is 15.8. The monoisotopic (exact) mass is 599 g/mol. The lowest BCUT2D eigenvalue weighted by molar-refractivity contribution is -0.141. The molecule has 0 radical (unpaired) electrons. The zero-order chi connectivity index (χ0) is 29.0. The number of carbonyl (C=O) groups is 2. The Morgan fingerprint density at radius 2 is 1.69 bits per heavy atom. The van der Waals surface area contributed by atoms with Crippen molar-refractivity contribution in [1.82, 2.24) is 10.2 Å². The smallest absolute Gasteiger partial charge is 0.242 e. The number of anilines is 1. The summed E-state index contributed by atoms with van der Waals surface area (Å²) < 4.78 is 31.8. The Kier molecular flexibility index (Phi) is 13.4. The average Bonchev–Trinajstić information content (AvgIpc) is 2.88. The highest BCUT2D eigenvalue weighted by molar-refractivity contribution is 7.92. The number of ether oxygens (including phenoxy) is 1. The number of nitrogens with zero attached hydrogens (tertiary/aromatic N) is 2.